The first kappa shape index (κ1) is 49.5. The molecule has 0 saturated heterocycles. The largest absolute Gasteiger partial charge is 0.489 e. The molecule has 0 aromatic heterocycles. The summed E-state index contributed by atoms with van der Waals surface area (Å²) < 4.78 is 31.8. The van der Waals surface area contributed by atoms with Gasteiger partial charge in [0.15, 0.2) is 0 Å². The number of rotatable bonds is 13. The van der Waals surface area contributed by atoms with Gasteiger partial charge < -0.3 is 44.6 Å². The number of aromatic carboxylic acids is 1. The molecule has 0 aliphatic rings. The van der Waals surface area contributed by atoms with Gasteiger partial charge in [0.25, 0.3) is 5.91 Å². The van der Waals surface area contributed by atoms with E-state index < -0.39 is 11.9 Å². The number of aryl methyl sites for hydroxylation is 2. The lowest BCUT2D eigenvalue weighted by Crippen LogP contribution is -2.15. The lowest BCUT2D eigenvalue weighted by atomic mass is 10.1. The summed E-state index contributed by atoms with van der Waals surface area (Å²) >= 11 is 12.5. The van der Waals surface area contributed by atoms with Crippen LogP contribution in [0.3, 0.4) is 0 Å². The molecule has 0 unspecified atom stereocenters. The van der Waals surface area contributed by atoms with Gasteiger partial charge in [0.2, 0.25) is 0 Å². The van der Waals surface area contributed by atoms with Crippen molar-refractivity contribution in [1.82, 2.24) is 0 Å². The summed E-state index contributed by atoms with van der Waals surface area (Å²) in [6.45, 7) is 18.4. The Morgan fingerprint density at radius 2 is 0.932 bits per heavy atom. The van der Waals surface area contributed by atoms with Gasteiger partial charge in [-0.2, -0.15) is 0 Å². The van der Waals surface area contributed by atoms with Crippen molar-refractivity contribution in [2.75, 3.05) is 25.3 Å². The highest BCUT2D eigenvalue weighted by Gasteiger charge is 2.20. The van der Waals surface area contributed by atoms with E-state index in [-0.39, 0.29) is 41.9 Å². The van der Waals surface area contributed by atoms with E-state index in [1.54, 1.807) is 55.5 Å². The maximum absolute atomic E-state index is 12.8. The molecular weight excluding hydrogens is 803 g/mol. The van der Waals surface area contributed by atoms with Crippen LogP contribution < -0.4 is 30.0 Å². The quantitative estimate of drug-likeness (QED) is 0.0856. The zero-order chi connectivity index (χ0) is 44.7. The lowest BCUT2D eigenvalue weighted by Gasteiger charge is -2.18. The second-order valence-electron chi connectivity index (χ2n) is 14.1. The van der Waals surface area contributed by atoms with E-state index in [0.29, 0.717) is 66.7 Å². The number of methoxy groups -OCH3 is 2. The molecule has 59 heavy (non-hydrogen) atoms. The summed E-state index contributed by atoms with van der Waals surface area (Å²) in [7, 11) is 2.68. The molecule has 15 heteroatoms. The fourth-order valence-electron chi connectivity index (χ4n) is 5.07. The van der Waals surface area contributed by atoms with Crippen LogP contribution in [0, 0.1) is 13.8 Å². The minimum absolute atomic E-state index is 0.0886. The van der Waals surface area contributed by atoms with Crippen molar-refractivity contribution in [1.29, 1.82) is 0 Å². The number of hydrogen-bond acceptors (Lipinski definition) is 11. The summed E-state index contributed by atoms with van der Waals surface area (Å²) in [6.07, 6.45) is -0.436. The molecule has 0 aliphatic heterocycles. The Balaban J connectivity index is 0.000000339. The molecule has 0 fully saturated rings. The Hall–Kier alpha value is -5.66. The van der Waals surface area contributed by atoms with Crippen molar-refractivity contribution in [2.45, 2.75) is 93.7 Å². The van der Waals surface area contributed by atoms with E-state index in [1.165, 1.54) is 26.4 Å². The van der Waals surface area contributed by atoms with Gasteiger partial charge in [-0.25, -0.2) is 14.4 Å². The highest BCUT2D eigenvalue weighted by molar-refractivity contribution is 6.34. The van der Waals surface area contributed by atoms with E-state index >= 15 is 0 Å². The van der Waals surface area contributed by atoms with Gasteiger partial charge in [-0.1, -0.05) is 23.2 Å². The summed E-state index contributed by atoms with van der Waals surface area (Å²) in [6, 6.07) is 16.0. The van der Waals surface area contributed by atoms with Crippen molar-refractivity contribution < 1.29 is 52.7 Å². The van der Waals surface area contributed by atoms with Gasteiger partial charge in [-0.15, -0.1) is 0 Å². The molecule has 0 bridgehead atoms. The molecule has 0 heterocycles. The molecular formula is C44H54Cl2N2O11. The van der Waals surface area contributed by atoms with Crippen molar-refractivity contribution >= 4 is 58.4 Å². The molecule has 0 aliphatic carbocycles. The number of ether oxygens (including phenoxy) is 6. The second-order valence-corrected chi connectivity index (χ2v) is 14.8. The lowest BCUT2D eigenvalue weighted by molar-refractivity contribution is 0.0591. The predicted molar refractivity (Wildman–Crippen MR) is 230 cm³/mol. The standard InChI is InChI=1S/C22H26ClNO5.C13H17ClO4.C9H11NO2/c1-12(2)28-18-10-15(11-19(20(18)23)29-13(3)4)21(25)24-16-7-8-17(14(5)9-16)22(26)27-6;1-7(2)17-10-5-9(13(15)16)6-11(12(10)14)18-8(3)4;1-6-5-7(10)3-4-8(6)9(11)12-2/h7-13H,1-6H3,(H,24,25);5-8H,1-4H3,(H,15,16);3-5H,10H2,1-2H3. The first-order valence-electron chi connectivity index (χ1n) is 18.6. The summed E-state index contributed by atoms with van der Waals surface area (Å²) in [4.78, 5) is 46.7. The van der Waals surface area contributed by atoms with Crippen LogP contribution in [0.2, 0.25) is 10.0 Å². The van der Waals surface area contributed by atoms with E-state index in [2.05, 4.69) is 10.1 Å². The van der Waals surface area contributed by atoms with E-state index in [1.807, 2.05) is 62.3 Å². The van der Waals surface area contributed by atoms with Gasteiger partial charge in [0.05, 0.1) is 55.3 Å². The van der Waals surface area contributed by atoms with Crippen LogP contribution in [0.5, 0.6) is 23.0 Å². The number of carbonyl (C=O) groups excluding carboxylic acids is 3. The number of amides is 1. The van der Waals surface area contributed by atoms with Crippen molar-refractivity contribution in [3.05, 3.63) is 104 Å². The number of benzene rings is 4. The number of nitrogen functional groups attached to an aromatic ring is 1. The number of carboxylic acids is 1. The minimum Gasteiger partial charge on any atom is -0.489 e. The first-order chi connectivity index (χ1) is 27.6. The van der Waals surface area contributed by atoms with Crippen LogP contribution in [0.4, 0.5) is 11.4 Å². The second kappa shape index (κ2) is 23.1. The molecule has 4 aromatic rings. The van der Waals surface area contributed by atoms with Crippen LogP contribution in [0.15, 0.2) is 60.7 Å². The van der Waals surface area contributed by atoms with Crippen LogP contribution in [0.1, 0.15) is 108 Å². The van der Waals surface area contributed by atoms with Crippen LogP contribution in [-0.2, 0) is 9.47 Å². The monoisotopic (exact) mass is 856 g/mol. The Labute approximate surface area is 356 Å². The average Bonchev–Trinajstić information content (AvgIpc) is 3.14. The fraction of sp³-hybridized carbons (Fsp3) is 0.364. The van der Waals surface area contributed by atoms with E-state index in [0.717, 1.165) is 5.56 Å². The van der Waals surface area contributed by atoms with Crippen LogP contribution in [-0.4, -0.2) is 67.6 Å². The van der Waals surface area contributed by atoms with Crippen molar-refractivity contribution in [3.63, 3.8) is 0 Å². The van der Waals surface area contributed by atoms with Gasteiger partial charge in [0, 0.05) is 16.9 Å². The molecule has 13 nitrogen and oxygen atoms in total. The van der Waals surface area contributed by atoms with Gasteiger partial charge in [0.1, 0.15) is 33.0 Å². The smallest absolute Gasteiger partial charge is 0.338 e. The molecule has 4 aromatic carbocycles. The third-order valence-corrected chi connectivity index (χ3v) is 8.26. The summed E-state index contributed by atoms with van der Waals surface area (Å²) in [5.74, 6) is -0.756. The Kier molecular flexibility index (Phi) is 19.3. The summed E-state index contributed by atoms with van der Waals surface area (Å²) in [5.41, 5.74) is 9.68. The molecule has 4 N–H and O–H groups in total. The van der Waals surface area contributed by atoms with Crippen molar-refractivity contribution in [3.8, 4) is 23.0 Å². The SMILES string of the molecule is CC(C)Oc1cc(C(=O)O)cc(OC(C)C)c1Cl.COC(=O)c1ccc(N)cc1C.COC(=O)c1ccc(NC(=O)c2cc(OC(C)C)c(Cl)c(OC(C)C)c2)cc1C. The predicted octanol–water partition coefficient (Wildman–Crippen LogP) is 10.2. The van der Waals surface area contributed by atoms with E-state index in [4.69, 9.17) is 57.7 Å². The maximum atomic E-state index is 12.8. The molecule has 0 atom stereocenters. The first-order valence-corrected chi connectivity index (χ1v) is 19.4. The third-order valence-electron chi connectivity index (χ3n) is 7.52. The van der Waals surface area contributed by atoms with Gasteiger partial charge >= 0.3 is 17.9 Å². The number of esters is 2. The zero-order valence-corrected chi connectivity index (χ0v) is 37.0. The molecule has 4 rings (SSSR count). The molecule has 0 saturated carbocycles. The number of nitrogens with one attached hydrogen (secondary N) is 1. The Morgan fingerprint density at radius 1 is 0.576 bits per heavy atom. The number of carbonyl (C=O) groups is 4. The fourth-order valence-corrected chi connectivity index (χ4v) is 5.46. The van der Waals surface area contributed by atoms with Crippen LogP contribution >= 0.6 is 23.2 Å². The molecule has 320 valence electrons. The molecule has 0 spiro atoms. The van der Waals surface area contributed by atoms with Crippen LogP contribution in [0.25, 0.3) is 0 Å². The minimum atomic E-state index is -1.05. The normalized spacial score (nSPS) is 10.5. The Morgan fingerprint density at radius 3 is 1.25 bits per heavy atom. The number of hydrogen-bond donors (Lipinski definition) is 3. The van der Waals surface area contributed by atoms with Gasteiger partial charge in [-0.05, 0) is 141 Å². The van der Waals surface area contributed by atoms with E-state index in [9.17, 15) is 19.2 Å². The van der Waals surface area contributed by atoms with Gasteiger partial charge in [-0.3, -0.25) is 4.79 Å². The Bertz CT molecular complexity index is 2040. The zero-order valence-electron chi connectivity index (χ0n) is 35.4. The average molecular weight is 858 g/mol. The van der Waals surface area contributed by atoms with Crippen molar-refractivity contribution in [2.24, 2.45) is 0 Å². The highest BCUT2D eigenvalue weighted by atomic mass is 35.5. The third kappa shape index (κ3) is 15.6. The molecule has 1 amide bonds. The number of halogens is 2. The summed E-state index contributed by atoms with van der Waals surface area (Å²) in [5, 5.41) is 12.5. The maximum Gasteiger partial charge on any atom is 0.338 e. The topological polar surface area (TPSA) is 182 Å². The highest BCUT2D eigenvalue weighted by Crippen LogP contribution is 2.38. The number of carboxylic acid groups (broad SMARTS) is 1. The number of nitrogens with two attached hydrogens (primary N) is 1. The molecule has 0 radical (unpaired) electrons. The number of anilines is 2.